The zero-order valence-electron chi connectivity index (χ0n) is 14.1. The van der Waals surface area contributed by atoms with E-state index in [9.17, 15) is 8.42 Å². The molecule has 1 saturated heterocycles. The van der Waals surface area contributed by atoms with Gasteiger partial charge in [-0.25, -0.2) is 8.42 Å². The summed E-state index contributed by atoms with van der Waals surface area (Å²) in [7, 11) is -3.00. The van der Waals surface area contributed by atoms with Crippen LogP contribution in [0.2, 0.25) is 0 Å². The molecule has 1 N–H and O–H groups in total. The summed E-state index contributed by atoms with van der Waals surface area (Å²) >= 11 is 0. The first-order chi connectivity index (χ1) is 9.69. The highest BCUT2D eigenvalue weighted by molar-refractivity contribution is 7.92. The molecule has 0 amide bonds. The first-order valence-corrected chi connectivity index (χ1v) is 9.60. The van der Waals surface area contributed by atoms with Crippen LogP contribution in [0.5, 0.6) is 0 Å². The summed E-state index contributed by atoms with van der Waals surface area (Å²) in [5.41, 5.74) is 0. The van der Waals surface area contributed by atoms with E-state index in [-0.39, 0.29) is 5.75 Å². The van der Waals surface area contributed by atoms with Crippen LogP contribution < -0.4 is 5.32 Å². The minimum absolute atomic E-state index is 0.205. The summed E-state index contributed by atoms with van der Waals surface area (Å²) in [6.07, 6.45) is 2.24. The Balaban J connectivity index is 2.71. The summed E-state index contributed by atoms with van der Waals surface area (Å²) in [5.74, 6) is 1.75. The van der Waals surface area contributed by atoms with Crippen LogP contribution in [0.3, 0.4) is 0 Å². The Morgan fingerprint density at radius 3 is 2.57 bits per heavy atom. The molecule has 1 heterocycles. The third-order valence-electron chi connectivity index (χ3n) is 3.88. The second-order valence-electron chi connectivity index (χ2n) is 6.77. The molecular formula is C15H31N3O2S. The summed E-state index contributed by atoms with van der Waals surface area (Å²) < 4.78 is 23.4. The maximum Gasteiger partial charge on any atom is 0.193 e. The minimum Gasteiger partial charge on any atom is -0.357 e. The van der Waals surface area contributed by atoms with Crippen LogP contribution in [0.4, 0.5) is 0 Å². The van der Waals surface area contributed by atoms with Gasteiger partial charge < -0.3 is 10.2 Å². The Morgan fingerprint density at radius 1 is 1.38 bits per heavy atom. The molecule has 0 aromatic heterocycles. The van der Waals surface area contributed by atoms with Gasteiger partial charge in [0.15, 0.2) is 15.8 Å². The van der Waals surface area contributed by atoms with Crippen LogP contribution in [0.15, 0.2) is 4.99 Å². The van der Waals surface area contributed by atoms with Crippen LogP contribution in [-0.2, 0) is 9.84 Å². The van der Waals surface area contributed by atoms with Gasteiger partial charge in [0.05, 0.1) is 10.5 Å². The Labute approximate surface area is 130 Å². The van der Waals surface area contributed by atoms with E-state index in [0.717, 1.165) is 25.5 Å². The van der Waals surface area contributed by atoms with E-state index in [1.54, 1.807) is 13.8 Å². The number of aliphatic imine (C=N–C) groups is 1. The Bertz CT molecular complexity index is 456. The van der Waals surface area contributed by atoms with Crippen molar-refractivity contribution in [1.29, 1.82) is 0 Å². The second-order valence-corrected chi connectivity index (χ2v) is 9.51. The molecule has 0 aliphatic carbocycles. The summed E-state index contributed by atoms with van der Waals surface area (Å²) in [4.78, 5) is 6.74. The van der Waals surface area contributed by atoms with E-state index in [1.807, 2.05) is 6.92 Å². The predicted molar refractivity (Wildman–Crippen MR) is 89.5 cm³/mol. The fourth-order valence-electron chi connectivity index (χ4n) is 2.43. The van der Waals surface area contributed by atoms with Crippen molar-refractivity contribution in [1.82, 2.24) is 10.2 Å². The zero-order chi connectivity index (χ0) is 16.1. The molecule has 0 spiro atoms. The molecule has 0 radical (unpaired) electrons. The van der Waals surface area contributed by atoms with Gasteiger partial charge in [-0.05, 0) is 39.5 Å². The largest absolute Gasteiger partial charge is 0.357 e. The van der Waals surface area contributed by atoms with E-state index in [4.69, 9.17) is 0 Å². The maximum atomic E-state index is 12.1. The molecule has 1 rings (SSSR count). The number of rotatable bonds is 5. The first kappa shape index (κ1) is 18.3. The Kier molecular flexibility index (Phi) is 6.50. The summed E-state index contributed by atoms with van der Waals surface area (Å²) in [6, 6.07) is 0. The van der Waals surface area contributed by atoms with Crippen molar-refractivity contribution in [3.8, 4) is 0 Å². The maximum absolute atomic E-state index is 12.1. The third kappa shape index (κ3) is 5.16. The first-order valence-electron chi connectivity index (χ1n) is 7.95. The van der Waals surface area contributed by atoms with Crippen molar-refractivity contribution in [2.45, 2.75) is 52.2 Å². The Morgan fingerprint density at radius 2 is 2.05 bits per heavy atom. The zero-order valence-corrected chi connectivity index (χ0v) is 15.0. The highest BCUT2D eigenvalue weighted by Gasteiger charge is 2.40. The molecule has 0 bridgehead atoms. The number of hydrogen-bond donors (Lipinski definition) is 1. The molecule has 1 fully saturated rings. The highest BCUT2D eigenvalue weighted by atomic mass is 32.2. The van der Waals surface area contributed by atoms with Gasteiger partial charge in [0.25, 0.3) is 0 Å². The third-order valence-corrected chi connectivity index (χ3v) is 6.41. The van der Waals surface area contributed by atoms with Crippen molar-refractivity contribution in [2.75, 3.05) is 31.9 Å². The van der Waals surface area contributed by atoms with Crippen molar-refractivity contribution >= 4 is 15.8 Å². The van der Waals surface area contributed by atoms with Crippen LogP contribution in [-0.4, -0.2) is 56.0 Å². The van der Waals surface area contributed by atoms with Gasteiger partial charge in [-0.2, -0.15) is 0 Å². The smallest absolute Gasteiger partial charge is 0.193 e. The number of nitrogens with one attached hydrogen (secondary N) is 1. The molecule has 21 heavy (non-hydrogen) atoms. The second kappa shape index (κ2) is 7.47. The normalized spacial score (nSPS) is 21.6. The molecule has 1 aliphatic heterocycles. The molecule has 124 valence electrons. The van der Waals surface area contributed by atoms with Crippen LogP contribution in [0.25, 0.3) is 0 Å². The molecule has 0 saturated carbocycles. The van der Waals surface area contributed by atoms with Crippen LogP contribution >= 0.6 is 0 Å². The molecule has 0 aromatic rings. The van der Waals surface area contributed by atoms with Crippen LogP contribution in [0, 0.1) is 5.92 Å². The SMILES string of the molecule is CCNC(=NCCCC(C)C)N1CCS(=O)(=O)C(C)(C)C1. The lowest BCUT2D eigenvalue weighted by molar-refractivity contribution is 0.353. The molecule has 0 atom stereocenters. The lowest BCUT2D eigenvalue weighted by Crippen LogP contribution is -2.57. The molecule has 0 unspecified atom stereocenters. The van der Waals surface area contributed by atoms with E-state index >= 15 is 0 Å². The standard InChI is InChI=1S/C15H31N3O2S/c1-6-16-14(17-9-7-8-13(2)3)18-10-11-21(19,20)15(4,5)12-18/h13H,6-12H2,1-5H3,(H,16,17). The lowest BCUT2D eigenvalue weighted by atomic mass is 10.1. The molecular weight excluding hydrogens is 286 g/mol. The van der Waals surface area contributed by atoms with Gasteiger partial charge in [0, 0.05) is 26.2 Å². The van der Waals surface area contributed by atoms with Crippen molar-refractivity contribution in [3.05, 3.63) is 0 Å². The molecule has 6 heteroatoms. The van der Waals surface area contributed by atoms with Gasteiger partial charge in [0.2, 0.25) is 0 Å². The van der Waals surface area contributed by atoms with Gasteiger partial charge in [-0.1, -0.05) is 13.8 Å². The quantitative estimate of drug-likeness (QED) is 0.478. The molecule has 0 aromatic carbocycles. The van der Waals surface area contributed by atoms with E-state index in [0.29, 0.717) is 19.0 Å². The number of nitrogens with zero attached hydrogens (tertiary/aromatic N) is 2. The predicted octanol–water partition coefficient (Wildman–Crippen LogP) is 1.90. The van der Waals surface area contributed by atoms with E-state index < -0.39 is 14.6 Å². The minimum atomic E-state index is -3.00. The topological polar surface area (TPSA) is 61.8 Å². The molecule has 1 aliphatic rings. The number of guanidine groups is 1. The highest BCUT2D eigenvalue weighted by Crippen LogP contribution is 2.23. The van der Waals surface area contributed by atoms with Crippen molar-refractivity contribution < 1.29 is 8.42 Å². The fraction of sp³-hybridized carbons (Fsp3) is 0.933. The summed E-state index contributed by atoms with van der Waals surface area (Å²) in [6.45, 7) is 12.7. The number of sulfone groups is 1. The Hall–Kier alpha value is -0.780. The van der Waals surface area contributed by atoms with Gasteiger partial charge in [-0.15, -0.1) is 0 Å². The van der Waals surface area contributed by atoms with Crippen molar-refractivity contribution in [3.63, 3.8) is 0 Å². The fourth-order valence-corrected chi connectivity index (χ4v) is 3.80. The van der Waals surface area contributed by atoms with E-state index in [2.05, 4.69) is 29.1 Å². The summed E-state index contributed by atoms with van der Waals surface area (Å²) in [5, 5.41) is 3.29. The van der Waals surface area contributed by atoms with Crippen LogP contribution in [0.1, 0.15) is 47.5 Å². The van der Waals surface area contributed by atoms with Gasteiger partial charge in [-0.3, -0.25) is 4.99 Å². The number of hydrogen-bond acceptors (Lipinski definition) is 3. The van der Waals surface area contributed by atoms with E-state index in [1.165, 1.54) is 6.42 Å². The average molecular weight is 317 g/mol. The monoisotopic (exact) mass is 317 g/mol. The van der Waals surface area contributed by atoms with Gasteiger partial charge in [0.1, 0.15) is 0 Å². The average Bonchev–Trinajstić information content (AvgIpc) is 2.36. The molecule has 5 nitrogen and oxygen atoms in total. The van der Waals surface area contributed by atoms with Crippen molar-refractivity contribution in [2.24, 2.45) is 10.9 Å². The lowest BCUT2D eigenvalue weighted by Gasteiger charge is -2.39. The van der Waals surface area contributed by atoms with Gasteiger partial charge >= 0.3 is 0 Å².